The number of para-hydroxylation sites is 1. The summed E-state index contributed by atoms with van der Waals surface area (Å²) in [5.41, 5.74) is 2.69. The number of benzene rings is 3. The number of hydrogen-bond acceptors (Lipinski definition) is 4. The molecule has 0 spiro atoms. The lowest BCUT2D eigenvalue weighted by molar-refractivity contribution is 0.0954. The maximum absolute atomic E-state index is 13.0. The molecule has 0 aliphatic rings. The van der Waals surface area contributed by atoms with E-state index < -0.39 is 9.84 Å². The molecular weight excluding hydrogens is 422 g/mol. The van der Waals surface area contributed by atoms with E-state index in [4.69, 9.17) is 0 Å². The molecule has 0 saturated carbocycles. The molecule has 0 bridgehead atoms. The van der Waals surface area contributed by atoms with Crippen LogP contribution in [-0.4, -0.2) is 36.4 Å². The predicted molar refractivity (Wildman–Crippen MR) is 124 cm³/mol. The van der Waals surface area contributed by atoms with Gasteiger partial charge in [-0.05, 0) is 30.7 Å². The monoisotopic (exact) mass is 445 g/mol. The van der Waals surface area contributed by atoms with Gasteiger partial charge in [-0.25, -0.2) is 13.1 Å². The molecular formula is C25H23N3O3S. The van der Waals surface area contributed by atoms with Gasteiger partial charge >= 0.3 is 0 Å². The van der Waals surface area contributed by atoms with Gasteiger partial charge in [0.05, 0.1) is 21.9 Å². The quantitative estimate of drug-likeness (QED) is 0.414. The Balaban J connectivity index is 1.48. The Bertz CT molecular complexity index is 1290. The van der Waals surface area contributed by atoms with E-state index in [0.29, 0.717) is 22.6 Å². The summed E-state index contributed by atoms with van der Waals surface area (Å²) >= 11 is 0. The predicted octanol–water partition coefficient (Wildman–Crippen LogP) is 4.13. The van der Waals surface area contributed by atoms with Crippen molar-refractivity contribution in [1.29, 1.82) is 0 Å². The normalized spacial score (nSPS) is 11.2. The van der Waals surface area contributed by atoms with Crippen molar-refractivity contribution in [3.05, 3.63) is 103 Å². The van der Waals surface area contributed by atoms with Crippen LogP contribution in [0.2, 0.25) is 0 Å². The summed E-state index contributed by atoms with van der Waals surface area (Å²) in [4.78, 5) is 13.3. The van der Waals surface area contributed by atoms with E-state index in [1.54, 1.807) is 41.2 Å². The molecule has 0 atom stereocenters. The number of nitrogens with one attached hydrogen (secondary N) is 1. The highest BCUT2D eigenvalue weighted by atomic mass is 32.2. The molecule has 0 radical (unpaired) electrons. The van der Waals surface area contributed by atoms with Crippen LogP contribution < -0.4 is 5.32 Å². The van der Waals surface area contributed by atoms with Crippen molar-refractivity contribution in [2.45, 2.75) is 11.3 Å². The molecule has 32 heavy (non-hydrogen) atoms. The van der Waals surface area contributed by atoms with Gasteiger partial charge in [-0.3, -0.25) is 4.79 Å². The van der Waals surface area contributed by atoms with E-state index in [-0.39, 0.29) is 18.2 Å². The van der Waals surface area contributed by atoms with Crippen LogP contribution in [-0.2, 0) is 9.84 Å². The van der Waals surface area contributed by atoms with Gasteiger partial charge in [-0.2, -0.15) is 5.10 Å². The SMILES string of the molecule is O=C(NCCCS(=O)(=O)c1ccccc1)c1cn(-c2ccccc2)nc1-c1ccccc1. The Kier molecular flexibility index (Phi) is 6.47. The van der Waals surface area contributed by atoms with Crippen molar-refractivity contribution in [2.75, 3.05) is 12.3 Å². The van der Waals surface area contributed by atoms with Gasteiger partial charge in [-0.15, -0.1) is 0 Å². The number of nitrogens with zero attached hydrogens (tertiary/aromatic N) is 2. The number of aromatic nitrogens is 2. The zero-order valence-electron chi connectivity index (χ0n) is 17.4. The third-order valence-corrected chi connectivity index (χ3v) is 6.82. The Labute approximate surface area is 187 Å². The maximum Gasteiger partial charge on any atom is 0.255 e. The average Bonchev–Trinajstić information content (AvgIpc) is 3.29. The van der Waals surface area contributed by atoms with Gasteiger partial charge < -0.3 is 5.32 Å². The van der Waals surface area contributed by atoms with Crippen molar-refractivity contribution < 1.29 is 13.2 Å². The molecule has 1 N–H and O–H groups in total. The molecule has 1 aromatic heterocycles. The molecule has 0 aliphatic heterocycles. The second-order valence-corrected chi connectivity index (χ2v) is 9.39. The van der Waals surface area contributed by atoms with Crippen LogP contribution in [0.1, 0.15) is 16.8 Å². The van der Waals surface area contributed by atoms with Crippen molar-refractivity contribution in [1.82, 2.24) is 15.1 Å². The topological polar surface area (TPSA) is 81.1 Å². The van der Waals surface area contributed by atoms with Crippen LogP contribution in [0.3, 0.4) is 0 Å². The minimum atomic E-state index is -3.37. The molecule has 0 fully saturated rings. The van der Waals surface area contributed by atoms with E-state index in [9.17, 15) is 13.2 Å². The fraction of sp³-hybridized carbons (Fsp3) is 0.120. The summed E-state index contributed by atoms with van der Waals surface area (Å²) in [6.07, 6.45) is 2.02. The van der Waals surface area contributed by atoms with Crippen LogP contribution in [0, 0.1) is 0 Å². The first-order valence-corrected chi connectivity index (χ1v) is 12.0. The number of rotatable bonds is 8. The van der Waals surface area contributed by atoms with E-state index in [2.05, 4.69) is 10.4 Å². The van der Waals surface area contributed by atoms with Crippen LogP contribution in [0.15, 0.2) is 102 Å². The second-order valence-electron chi connectivity index (χ2n) is 7.28. The molecule has 1 heterocycles. The molecule has 4 aromatic rings. The lowest BCUT2D eigenvalue weighted by Gasteiger charge is -2.07. The first-order valence-electron chi connectivity index (χ1n) is 10.3. The van der Waals surface area contributed by atoms with Gasteiger partial charge in [0.15, 0.2) is 9.84 Å². The highest BCUT2D eigenvalue weighted by Crippen LogP contribution is 2.23. The lowest BCUT2D eigenvalue weighted by Crippen LogP contribution is -2.26. The summed E-state index contributed by atoms with van der Waals surface area (Å²) < 4.78 is 26.5. The number of carbonyl (C=O) groups excluding carboxylic acids is 1. The third-order valence-electron chi connectivity index (χ3n) is 5.00. The zero-order chi connectivity index (χ0) is 22.4. The summed E-state index contributed by atoms with van der Waals surface area (Å²) in [5.74, 6) is -0.324. The van der Waals surface area contributed by atoms with Crippen molar-refractivity contribution in [3.63, 3.8) is 0 Å². The number of amides is 1. The third kappa shape index (κ3) is 4.95. The van der Waals surface area contributed by atoms with Crippen molar-refractivity contribution in [2.24, 2.45) is 0 Å². The van der Waals surface area contributed by atoms with Gasteiger partial charge in [0.1, 0.15) is 5.69 Å². The molecule has 162 valence electrons. The van der Waals surface area contributed by atoms with Gasteiger partial charge in [0.25, 0.3) is 5.91 Å². The summed E-state index contributed by atoms with van der Waals surface area (Å²) in [7, 11) is -3.37. The standard InChI is InChI=1S/C25H23N3O3S/c29-25(26-17-10-18-32(30,31)22-15-8-3-9-16-22)23-19-28(21-13-6-2-7-14-21)27-24(23)20-11-4-1-5-12-20/h1-9,11-16,19H,10,17-18H2,(H,26,29). The summed E-state index contributed by atoms with van der Waals surface area (Å²) in [6.45, 7) is 0.246. The van der Waals surface area contributed by atoms with Crippen LogP contribution >= 0.6 is 0 Å². The molecule has 7 heteroatoms. The molecule has 3 aromatic carbocycles. The lowest BCUT2D eigenvalue weighted by atomic mass is 10.1. The first-order chi connectivity index (χ1) is 15.5. The Morgan fingerprint density at radius 3 is 2.09 bits per heavy atom. The number of hydrogen-bond donors (Lipinski definition) is 1. The van der Waals surface area contributed by atoms with E-state index in [0.717, 1.165) is 11.3 Å². The highest BCUT2D eigenvalue weighted by molar-refractivity contribution is 7.91. The van der Waals surface area contributed by atoms with E-state index in [1.807, 2.05) is 60.7 Å². The molecule has 6 nitrogen and oxygen atoms in total. The first kappa shape index (κ1) is 21.5. The summed E-state index contributed by atoms with van der Waals surface area (Å²) in [6, 6.07) is 27.4. The fourth-order valence-electron chi connectivity index (χ4n) is 3.37. The number of carbonyl (C=O) groups is 1. The smallest absolute Gasteiger partial charge is 0.255 e. The second kappa shape index (κ2) is 9.62. The molecule has 0 unspecified atom stereocenters. The average molecular weight is 446 g/mol. The van der Waals surface area contributed by atoms with E-state index in [1.165, 1.54) is 0 Å². The highest BCUT2D eigenvalue weighted by Gasteiger charge is 2.19. The zero-order valence-corrected chi connectivity index (χ0v) is 18.2. The molecule has 0 saturated heterocycles. The van der Waals surface area contributed by atoms with E-state index >= 15 is 0 Å². The fourth-order valence-corrected chi connectivity index (χ4v) is 4.70. The minimum absolute atomic E-state index is 0.0356. The largest absolute Gasteiger partial charge is 0.352 e. The molecule has 0 aliphatic carbocycles. The Morgan fingerprint density at radius 2 is 1.44 bits per heavy atom. The van der Waals surface area contributed by atoms with Crippen molar-refractivity contribution in [3.8, 4) is 16.9 Å². The van der Waals surface area contributed by atoms with Gasteiger partial charge in [0.2, 0.25) is 0 Å². The van der Waals surface area contributed by atoms with Gasteiger partial charge in [0, 0.05) is 18.3 Å². The number of sulfone groups is 1. The maximum atomic E-state index is 13.0. The summed E-state index contributed by atoms with van der Waals surface area (Å²) in [5, 5.41) is 7.48. The Hall–Kier alpha value is -3.71. The molecule has 1 amide bonds. The van der Waals surface area contributed by atoms with Crippen molar-refractivity contribution >= 4 is 15.7 Å². The minimum Gasteiger partial charge on any atom is -0.352 e. The van der Waals surface area contributed by atoms with Crippen LogP contribution in [0.25, 0.3) is 16.9 Å². The van der Waals surface area contributed by atoms with Crippen LogP contribution in [0.5, 0.6) is 0 Å². The van der Waals surface area contributed by atoms with Crippen LogP contribution in [0.4, 0.5) is 0 Å². The van der Waals surface area contributed by atoms with Gasteiger partial charge in [-0.1, -0.05) is 66.7 Å². The molecule has 4 rings (SSSR count). The Morgan fingerprint density at radius 1 is 0.844 bits per heavy atom.